The van der Waals surface area contributed by atoms with Gasteiger partial charge in [0.05, 0.1) is 0 Å². The van der Waals surface area contributed by atoms with Crippen LogP contribution in [0.3, 0.4) is 0 Å². The summed E-state index contributed by atoms with van der Waals surface area (Å²) in [7, 11) is 4.33. The molecule has 0 saturated carbocycles. The minimum atomic E-state index is -1.16. The summed E-state index contributed by atoms with van der Waals surface area (Å²) in [6.07, 6.45) is 0. The van der Waals surface area contributed by atoms with Crippen LogP contribution in [0.25, 0.3) is 5.73 Å². The molecule has 11 heavy (non-hydrogen) atoms. The number of carboxylic acid groups (broad SMARTS) is 1. The fourth-order valence-corrected chi connectivity index (χ4v) is 0.212. The van der Waals surface area contributed by atoms with Gasteiger partial charge >= 0.3 is 31.0 Å². The molecule has 0 rings (SSSR count). The molecule has 0 aromatic carbocycles. The van der Waals surface area contributed by atoms with Crippen molar-refractivity contribution in [3.05, 3.63) is 5.73 Å². The van der Waals surface area contributed by atoms with Gasteiger partial charge in [-0.05, 0) is 0 Å². The van der Waals surface area contributed by atoms with Gasteiger partial charge in [0, 0.05) is 0 Å². The average molecular weight is 224 g/mol. The minimum absolute atomic E-state index is 0.479. The minimum Gasteiger partial charge on any atom is -0.863 e. The molecule has 66 valence electrons. The Balaban J connectivity index is 0. The number of carboxylic acids is 1. The molecular weight excluding hydrogens is 218 g/mol. The van der Waals surface area contributed by atoms with Gasteiger partial charge in [-0.3, -0.25) is 9.79 Å². The molecule has 5 nitrogen and oxygen atoms in total. The fraction of sp³-hybridized carbons (Fsp3) is 0.500. The van der Waals surface area contributed by atoms with Crippen LogP contribution in [0.4, 0.5) is 0 Å². The maximum Gasteiger partial charge on any atom is 0.325 e. The van der Waals surface area contributed by atoms with Crippen molar-refractivity contribution in [1.82, 2.24) is 0 Å². The molecule has 0 atom stereocenters. The van der Waals surface area contributed by atoms with Crippen molar-refractivity contribution in [2.75, 3.05) is 13.1 Å². The molecule has 0 aromatic rings. The number of hydrogen-bond donors (Lipinski definition) is 1. The Morgan fingerprint density at radius 1 is 1.73 bits per heavy atom. The van der Waals surface area contributed by atoms with Crippen LogP contribution in [-0.4, -0.2) is 30.1 Å². The number of aliphatic imine (C=N–C) groups is 1. The zero-order valence-electron chi connectivity index (χ0n) is 5.34. The smallest absolute Gasteiger partial charge is 0.325 e. The maximum absolute atomic E-state index is 10.1. The van der Waals surface area contributed by atoms with Crippen molar-refractivity contribution < 1.29 is 29.8 Å². The van der Waals surface area contributed by atoms with Crippen LogP contribution in [0.1, 0.15) is 0 Å². The van der Waals surface area contributed by atoms with Gasteiger partial charge in [-0.25, -0.2) is 0 Å². The Bertz CT molecular complexity index is 141. The van der Waals surface area contributed by atoms with Crippen LogP contribution >= 0.6 is 10.1 Å². The summed E-state index contributed by atoms with van der Waals surface area (Å²) in [5.74, 6) is -1.85. The molecule has 0 aromatic heterocycles. The first-order valence-corrected chi connectivity index (χ1v) is 3.79. The number of aliphatic carboxylic acids is 1. The first-order chi connectivity index (χ1) is 5.16. The topological polar surface area (TPSA) is 96.5 Å². The van der Waals surface area contributed by atoms with Crippen LogP contribution < -0.4 is 5.11 Å². The first-order valence-electron chi connectivity index (χ1n) is 2.36. The molecule has 0 aliphatic rings. The third-order valence-corrected chi connectivity index (χ3v) is 0.542. The van der Waals surface area contributed by atoms with Crippen LogP contribution in [0, 0.1) is 0 Å². The molecule has 0 unspecified atom stereocenters. The summed E-state index contributed by atoms with van der Waals surface area (Å²) in [6.45, 7) is -1.01. The number of rotatable bonds is 3. The molecule has 0 bridgehead atoms. The monoisotopic (exact) mass is 224 g/mol. The molecule has 0 amide bonds. The van der Waals surface area contributed by atoms with E-state index in [0.717, 1.165) is 0 Å². The van der Waals surface area contributed by atoms with E-state index >= 15 is 0 Å². The molecule has 0 aliphatic carbocycles. The van der Waals surface area contributed by atoms with Gasteiger partial charge in [-0.15, -0.1) is 6.54 Å². The van der Waals surface area contributed by atoms with Crippen LogP contribution in [-0.2, 0) is 19.6 Å². The zero-order valence-corrected chi connectivity index (χ0v) is 7.13. The Kier molecular flexibility index (Phi) is 11.7. The summed E-state index contributed by atoms with van der Waals surface area (Å²) in [4.78, 5) is 12.7. The van der Waals surface area contributed by atoms with E-state index in [-0.39, 0.29) is 0 Å². The summed E-state index contributed by atoms with van der Waals surface area (Å²) in [5.41, 5.74) is 6.42. The van der Waals surface area contributed by atoms with E-state index < -0.39 is 25.0 Å². The van der Waals surface area contributed by atoms with E-state index in [2.05, 4.69) is 30.0 Å². The van der Waals surface area contributed by atoms with E-state index in [0.29, 0.717) is 0 Å². The Hall–Kier alpha value is -0.304. The van der Waals surface area contributed by atoms with E-state index in [1.54, 1.807) is 0 Å². The van der Waals surface area contributed by atoms with Gasteiger partial charge in [0.1, 0.15) is 6.54 Å². The molecule has 0 fully saturated rings. The van der Waals surface area contributed by atoms with Gasteiger partial charge in [-0.1, -0.05) is 5.90 Å². The molecule has 0 spiro atoms. The predicted octanol–water partition coefficient (Wildman–Crippen LogP) is -0.431. The van der Waals surface area contributed by atoms with Crippen LogP contribution in [0.5, 0.6) is 0 Å². The fourth-order valence-electron chi connectivity index (χ4n) is 0.212. The van der Waals surface area contributed by atoms with Crippen molar-refractivity contribution in [1.29, 1.82) is 0 Å². The van der Waals surface area contributed by atoms with Crippen molar-refractivity contribution in [3.63, 3.8) is 0 Å². The molecule has 7 heteroatoms. The third-order valence-electron chi connectivity index (χ3n) is 0.542. The number of hydrogen-bond acceptors (Lipinski definition) is 3. The summed E-state index contributed by atoms with van der Waals surface area (Å²) in [6, 6.07) is 0. The summed E-state index contributed by atoms with van der Waals surface area (Å²) >= 11 is 3.03. The van der Waals surface area contributed by atoms with Crippen LogP contribution in [0.2, 0.25) is 0 Å². The second-order valence-corrected chi connectivity index (χ2v) is 1.28. The number of halogens is 1. The normalized spacial score (nSPS) is 9.91. The third kappa shape index (κ3) is 12.8. The molecule has 0 aliphatic heterocycles. The van der Waals surface area contributed by atoms with Crippen molar-refractivity contribution >= 4 is 22.0 Å². The molecule has 0 radical (unpaired) electrons. The van der Waals surface area contributed by atoms with Gasteiger partial charge in [0.15, 0.2) is 0 Å². The zero-order chi connectivity index (χ0) is 9.28. The Labute approximate surface area is 76.1 Å². The molecule has 0 saturated heterocycles. The van der Waals surface area contributed by atoms with Crippen molar-refractivity contribution in [2.24, 2.45) is 4.99 Å². The molecular formula is C4H6ClCoN2O3. The summed E-state index contributed by atoms with van der Waals surface area (Å²) < 4.78 is 0. The Morgan fingerprint density at radius 2 is 2.18 bits per heavy atom. The number of nitrogens with one attached hydrogen (secondary N) is 1. The molecule has 2 N–H and O–H groups in total. The first kappa shape index (κ1) is 13.3. The summed E-state index contributed by atoms with van der Waals surface area (Å²) in [5, 5.41) is 18.0. The Morgan fingerprint density at radius 3 is 2.45 bits per heavy atom. The van der Waals surface area contributed by atoms with E-state index in [1.165, 1.54) is 0 Å². The largest absolute Gasteiger partial charge is 0.863 e. The van der Waals surface area contributed by atoms with E-state index in [4.69, 9.17) is 10.8 Å². The van der Waals surface area contributed by atoms with Gasteiger partial charge < -0.3 is 15.9 Å². The standard InChI is InChI=1S/C4H7N2O3.ClH.Co/c5-1-3(7)6-2-4(8)9;;/h5H,1-2H2,(H,6,7)(H,8,9);1H;/q-1;;+3/p-2. The van der Waals surface area contributed by atoms with Gasteiger partial charge in [-0.2, -0.15) is 0 Å². The van der Waals surface area contributed by atoms with Crippen molar-refractivity contribution in [3.8, 4) is 0 Å². The maximum atomic E-state index is 10.1. The van der Waals surface area contributed by atoms with Gasteiger partial charge in [0.25, 0.3) is 0 Å². The average Bonchev–Trinajstić information content (AvgIpc) is 2.04. The molecule has 0 heterocycles. The van der Waals surface area contributed by atoms with Crippen LogP contribution in [0.15, 0.2) is 4.99 Å². The number of carbonyl (C=O) groups is 1. The second-order valence-electron chi connectivity index (χ2n) is 1.28. The van der Waals surface area contributed by atoms with Crippen molar-refractivity contribution in [2.45, 2.75) is 0 Å². The van der Waals surface area contributed by atoms with E-state index in [9.17, 15) is 9.90 Å². The number of nitrogens with zero attached hydrogens (tertiary/aromatic N) is 1. The second kappa shape index (κ2) is 9.70. The van der Waals surface area contributed by atoms with Gasteiger partial charge in [0.2, 0.25) is 0 Å². The SMILES string of the molecule is [Cl][Co+2].[NH-]CC([O-])=NCC(=O)O. The predicted molar refractivity (Wildman–Crippen MR) is 35.0 cm³/mol. The quantitative estimate of drug-likeness (QED) is 0.520. The van der Waals surface area contributed by atoms with E-state index in [1.807, 2.05) is 0 Å².